The van der Waals surface area contributed by atoms with Gasteiger partial charge >= 0.3 is 0 Å². The van der Waals surface area contributed by atoms with E-state index in [0.717, 1.165) is 24.5 Å². The van der Waals surface area contributed by atoms with Crippen molar-refractivity contribution < 1.29 is 0 Å². The van der Waals surface area contributed by atoms with E-state index in [1.165, 1.54) is 32.4 Å². The lowest BCUT2D eigenvalue weighted by molar-refractivity contribution is 0.316. The summed E-state index contributed by atoms with van der Waals surface area (Å²) in [6.45, 7) is 3.49. The summed E-state index contributed by atoms with van der Waals surface area (Å²) in [5.41, 5.74) is 0. The van der Waals surface area contributed by atoms with Crippen molar-refractivity contribution in [3.8, 4) is 0 Å². The van der Waals surface area contributed by atoms with Gasteiger partial charge in [0.05, 0.1) is 0 Å². The van der Waals surface area contributed by atoms with Gasteiger partial charge in [0, 0.05) is 26.2 Å². The molecule has 16 heavy (non-hydrogen) atoms. The van der Waals surface area contributed by atoms with Crippen molar-refractivity contribution in [2.45, 2.75) is 25.3 Å². The van der Waals surface area contributed by atoms with E-state index in [9.17, 15) is 0 Å². The highest BCUT2D eigenvalue weighted by atomic mass is 15.6. The minimum Gasteiger partial charge on any atom is -0.353 e. The molecular weight excluding hydrogens is 204 g/mol. The predicted molar refractivity (Wildman–Crippen MR) is 60.0 cm³/mol. The van der Waals surface area contributed by atoms with E-state index in [2.05, 4.69) is 25.7 Å². The van der Waals surface area contributed by atoms with Crippen molar-refractivity contribution in [2.24, 2.45) is 13.0 Å². The smallest absolute Gasteiger partial charge is 0.242 e. The van der Waals surface area contributed by atoms with Crippen LogP contribution in [0.2, 0.25) is 0 Å². The van der Waals surface area contributed by atoms with E-state index in [4.69, 9.17) is 0 Å². The van der Waals surface area contributed by atoms with Gasteiger partial charge in [-0.2, -0.15) is 0 Å². The van der Waals surface area contributed by atoms with Crippen molar-refractivity contribution in [3.63, 3.8) is 0 Å². The number of aromatic nitrogens is 4. The van der Waals surface area contributed by atoms with Gasteiger partial charge in [-0.1, -0.05) is 5.10 Å². The SMILES string of the molecule is Cn1nnnc1NCC1CCN(C2CC2)C1. The Hall–Kier alpha value is -1.17. The number of aryl methyl sites for hydroxylation is 1. The Morgan fingerprint density at radius 3 is 2.94 bits per heavy atom. The van der Waals surface area contributed by atoms with Gasteiger partial charge in [-0.25, -0.2) is 4.68 Å². The third-order valence-corrected chi connectivity index (χ3v) is 3.55. The van der Waals surface area contributed by atoms with E-state index in [-0.39, 0.29) is 0 Å². The van der Waals surface area contributed by atoms with Gasteiger partial charge in [-0.05, 0) is 42.2 Å². The third-order valence-electron chi connectivity index (χ3n) is 3.55. The van der Waals surface area contributed by atoms with Crippen LogP contribution in [-0.4, -0.2) is 50.8 Å². The van der Waals surface area contributed by atoms with Crippen molar-refractivity contribution >= 4 is 5.95 Å². The number of rotatable bonds is 4. The molecule has 2 heterocycles. The van der Waals surface area contributed by atoms with E-state index in [1.807, 2.05) is 7.05 Å². The average molecular weight is 222 g/mol. The lowest BCUT2D eigenvalue weighted by Crippen LogP contribution is -2.25. The maximum Gasteiger partial charge on any atom is 0.242 e. The standard InChI is InChI=1S/C10H18N6/c1-15-10(12-13-14-15)11-6-8-4-5-16(7-8)9-2-3-9/h8-9H,2-7H2,1H3,(H,11,12,14). The predicted octanol–water partition coefficient (Wildman–Crippen LogP) is 0.106. The Morgan fingerprint density at radius 1 is 1.38 bits per heavy atom. The van der Waals surface area contributed by atoms with Crippen LogP contribution in [0.1, 0.15) is 19.3 Å². The molecule has 1 aromatic rings. The van der Waals surface area contributed by atoms with Crippen LogP contribution in [0.15, 0.2) is 0 Å². The zero-order chi connectivity index (χ0) is 11.0. The van der Waals surface area contributed by atoms with Gasteiger partial charge in [0.1, 0.15) is 0 Å². The monoisotopic (exact) mass is 222 g/mol. The number of anilines is 1. The van der Waals surface area contributed by atoms with Gasteiger partial charge in [0.2, 0.25) is 5.95 Å². The van der Waals surface area contributed by atoms with Crippen molar-refractivity contribution in [1.29, 1.82) is 0 Å². The number of likely N-dealkylation sites (tertiary alicyclic amines) is 1. The molecule has 1 saturated heterocycles. The zero-order valence-electron chi connectivity index (χ0n) is 9.63. The molecule has 1 unspecified atom stereocenters. The Morgan fingerprint density at radius 2 is 2.25 bits per heavy atom. The zero-order valence-corrected chi connectivity index (χ0v) is 9.63. The molecule has 0 amide bonds. The van der Waals surface area contributed by atoms with Crippen LogP contribution in [0.25, 0.3) is 0 Å². The fraction of sp³-hybridized carbons (Fsp3) is 0.900. The molecular formula is C10H18N6. The minimum atomic E-state index is 0.747. The maximum absolute atomic E-state index is 3.92. The van der Waals surface area contributed by atoms with E-state index >= 15 is 0 Å². The molecule has 1 aliphatic heterocycles. The molecule has 88 valence electrons. The average Bonchev–Trinajstić information content (AvgIpc) is 2.89. The molecule has 1 aromatic heterocycles. The molecule has 1 atom stereocenters. The molecule has 0 spiro atoms. The molecule has 0 aromatic carbocycles. The first kappa shape index (κ1) is 10.0. The molecule has 1 saturated carbocycles. The van der Waals surface area contributed by atoms with Gasteiger partial charge in [0.15, 0.2) is 0 Å². The summed E-state index contributed by atoms with van der Waals surface area (Å²) < 4.78 is 1.67. The highest BCUT2D eigenvalue weighted by molar-refractivity contribution is 5.20. The van der Waals surface area contributed by atoms with Crippen LogP contribution in [0.3, 0.4) is 0 Å². The summed E-state index contributed by atoms with van der Waals surface area (Å²) in [7, 11) is 1.85. The van der Waals surface area contributed by atoms with Crippen LogP contribution in [-0.2, 0) is 7.05 Å². The number of hydrogen-bond donors (Lipinski definition) is 1. The van der Waals surface area contributed by atoms with Crippen molar-refractivity contribution in [1.82, 2.24) is 25.1 Å². The first-order chi connectivity index (χ1) is 7.83. The fourth-order valence-corrected chi connectivity index (χ4v) is 2.42. The molecule has 0 bridgehead atoms. The summed E-state index contributed by atoms with van der Waals surface area (Å²) >= 11 is 0. The molecule has 6 nitrogen and oxygen atoms in total. The lowest BCUT2D eigenvalue weighted by atomic mass is 10.1. The largest absolute Gasteiger partial charge is 0.353 e. The van der Waals surface area contributed by atoms with Gasteiger partial charge < -0.3 is 10.2 Å². The summed E-state index contributed by atoms with van der Waals surface area (Å²) in [6, 6.07) is 0.904. The minimum absolute atomic E-state index is 0.747. The summed E-state index contributed by atoms with van der Waals surface area (Å²) in [5, 5.41) is 14.6. The van der Waals surface area contributed by atoms with Gasteiger partial charge in [-0.15, -0.1) is 0 Å². The van der Waals surface area contributed by atoms with Crippen molar-refractivity contribution in [2.75, 3.05) is 25.0 Å². The molecule has 1 aliphatic carbocycles. The second kappa shape index (κ2) is 4.01. The Bertz CT molecular complexity index is 358. The number of tetrazole rings is 1. The van der Waals surface area contributed by atoms with E-state index in [1.54, 1.807) is 4.68 Å². The second-order valence-electron chi connectivity index (χ2n) is 4.89. The molecule has 2 fully saturated rings. The van der Waals surface area contributed by atoms with E-state index in [0.29, 0.717) is 0 Å². The second-order valence-corrected chi connectivity index (χ2v) is 4.89. The quantitative estimate of drug-likeness (QED) is 0.783. The lowest BCUT2D eigenvalue weighted by Gasteiger charge is -2.14. The van der Waals surface area contributed by atoms with Crippen LogP contribution in [0.5, 0.6) is 0 Å². The molecule has 0 radical (unpaired) electrons. The first-order valence-corrected chi connectivity index (χ1v) is 6.03. The summed E-state index contributed by atoms with van der Waals surface area (Å²) in [6.07, 6.45) is 4.12. The molecule has 6 heteroatoms. The fourth-order valence-electron chi connectivity index (χ4n) is 2.42. The number of nitrogens with zero attached hydrogens (tertiary/aromatic N) is 5. The van der Waals surface area contributed by atoms with Crippen LogP contribution in [0, 0.1) is 5.92 Å². The van der Waals surface area contributed by atoms with E-state index < -0.39 is 0 Å². The van der Waals surface area contributed by atoms with Crippen molar-refractivity contribution in [3.05, 3.63) is 0 Å². The molecule has 2 aliphatic rings. The summed E-state index contributed by atoms with van der Waals surface area (Å²) in [5.74, 6) is 1.52. The topological polar surface area (TPSA) is 58.9 Å². The maximum atomic E-state index is 3.92. The highest BCUT2D eigenvalue weighted by Gasteiger charge is 2.34. The molecule has 1 N–H and O–H groups in total. The van der Waals surface area contributed by atoms with Gasteiger partial charge in [-0.3, -0.25) is 0 Å². The Labute approximate surface area is 95.0 Å². The van der Waals surface area contributed by atoms with Crippen LogP contribution < -0.4 is 5.32 Å². The van der Waals surface area contributed by atoms with Crippen LogP contribution in [0.4, 0.5) is 5.95 Å². The summed E-state index contributed by atoms with van der Waals surface area (Å²) in [4.78, 5) is 2.63. The number of nitrogens with one attached hydrogen (secondary N) is 1. The highest BCUT2D eigenvalue weighted by Crippen LogP contribution is 2.31. The molecule has 3 rings (SSSR count). The normalized spacial score (nSPS) is 26.2. The van der Waals surface area contributed by atoms with Gasteiger partial charge in [0.25, 0.3) is 0 Å². The first-order valence-electron chi connectivity index (χ1n) is 6.03. The third kappa shape index (κ3) is 2.02. The van der Waals surface area contributed by atoms with Crippen LogP contribution >= 0.6 is 0 Å². The Balaban J connectivity index is 1.47. The Kier molecular flexibility index (Phi) is 2.51. The number of hydrogen-bond acceptors (Lipinski definition) is 5.